The summed E-state index contributed by atoms with van der Waals surface area (Å²) in [7, 11) is 1.54. The number of hydrogen-bond donors (Lipinski definition) is 1. The van der Waals surface area contributed by atoms with Gasteiger partial charge < -0.3 is 5.32 Å². The number of fused-ring (bicyclic) bond motifs is 1. The minimum absolute atomic E-state index is 0.0124. The number of rotatable bonds is 4. The molecular formula is C19H17N3O4. The second-order valence-electron chi connectivity index (χ2n) is 5.85. The molecule has 0 spiro atoms. The van der Waals surface area contributed by atoms with Gasteiger partial charge in [-0.05, 0) is 35.4 Å². The van der Waals surface area contributed by atoms with Crippen LogP contribution in [0.2, 0.25) is 0 Å². The number of carbonyl (C=O) groups excluding carboxylic acids is 2. The standard InChI is InChI=1S/C19H17N3O4/c1-20-19(24)17-12-14-4-2-3-5-16(14)21(17)18(23)11-8-13-6-9-15(10-7-13)22(25)26/h2-11,17H,12H2,1H3,(H,20,24)/b11-8+. The van der Waals surface area contributed by atoms with Crippen molar-refractivity contribution in [3.63, 3.8) is 0 Å². The molecule has 2 aromatic carbocycles. The van der Waals surface area contributed by atoms with Crippen molar-refractivity contribution in [1.29, 1.82) is 0 Å². The lowest BCUT2D eigenvalue weighted by atomic mass is 10.1. The van der Waals surface area contributed by atoms with Gasteiger partial charge in [0.2, 0.25) is 5.91 Å². The van der Waals surface area contributed by atoms with Gasteiger partial charge in [0, 0.05) is 37.4 Å². The van der Waals surface area contributed by atoms with E-state index in [1.54, 1.807) is 25.3 Å². The van der Waals surface area contributed by atoms with Crippen LogP contribution in [0.15, 0.2) is 54.6 Å². The Bertz CT molecular complexity index is 890. The molecule has 0 radical (unpaired) electrons. The van der Waals surface area contributed by atoms with Crippen LogP contribution in [0.4, 0.5) is 11.4 Å². The normalized spacial score (nSPS) is 15.7. The van der Waals surface area contributed by atoms with Crippen molar-refractivity contribution in [2.45, 2.75) is 12.5 Å². The largest absolute Gasteiger partial charge is 0.357 e. The number of non-ortho nitro benzene ring substituents is 1. The van der Waals surface area contributed by atoms with E-state index in [4.69, 9.17) is 0 Å². The van der Waals surface area contributed by atoms with E-state index in [0.29, 0.717) is 12.0 Å². The Morgan fingerprint density at radius 1 is 1.19 bits per heavy atom. The zero-order valence-electron chi connectivity index (χ0n) is 14.1. The molecule has 7 heteroatoms. The lowest BCUT2D eigenvalue weighted by Crippen LogP contribution is -2.46. The van der Waals surface area contributed by atoms with E-state index in [1.165, 1.54) is 23.1 Å². The molecule has 7 nitrogen and oxygen atoms in total. The number of hydrogen-bond acceptors (Lipinski definition) is 4. The van der Waals surface area contributed by atoms with E-state index in [2.05, 4.69) is 5.32 Å². The summed E-state index contributed by atoms with van der Waals surface area (Å²) in [4.78, 5) is 36.6. The Hall–Kier alpha value is -3.48. The summed E-state index contributed by atoms with van der Waals surface area (Å²) in [5.41, 5.74) is 2.31. The molecule has 1 unspecified atom stereocenters. The van der Waals surface area contributed by atoms with Crippen molar-refractivity contribution in [3.05, 3.63) is 75.8 Å². The third kappa shape index (κ3) is 3.32. The number of carbonyl (C=O) groups is 2. The van der Waals surface area contributed by atoms with E-state index >= 15 is 0 Å². The number of nitro groups is 1. The number of benzene rings is 2. The second-order valence-corrected chi connectivity index (χ2v) is 5.85. The Morgan fingerprint density at radius 3 is 2.54 bits per heavy atom. The van der Waals surface area contributed by atoms with Crippen molar-refractivity contribution in [2.24, 2.45) is 0 Å². The van der Waals surface area contributed by atoms with Crippen molar-refractivity contribution in [3.8, 4) is 0 Å². The van der Waals surface area contributed by atoms with E-state index < -0.39 is 11.0 Å². The van der Waals surface area contributed by atoms with Crippen molar-refractivity contribution in [1.82, 2.24) is 5.32 Å². The summed E-state index contributed by atoms with van der Waals surface area (Å²) in [6, 6.07) is 12.7. The second kappa shape index (κ2) is 7.18. The molecule has 1 N–H and O–H groups in total. The lowest BCUT2D eigenvalue weighted by Gasteiger charge is -2.23. The maximum absolute atomic E-state index is 12.7. The Balaban J connectivity index is 1.84. The molecule has 0 aliphatic carbocycles. The highest BCUT2D eigenvalue weighted by Gasteiger charge is 2.36. The van der Waals surface area contributed by atoms with Gasteiger partial charge in [0.05, 0.1) is 4.92 Å². The number of anilines is 1. The average molecular weight is 351 g/mol. The quantitative estimate of drug-likeness (QED) is 0.520. The van der Waals surface area contributed by atoms with Crippen LogP contribution < -0.4 is 10.2 Å². The fourth-order valence-corrected chi connectivity index (χ4v) is 2.99. The minimum atomic E-state index is -0.591. The van der Waals surface area contributed by atoms with Crippen LogP contribution in [0.1, 0.15) is 11.1 Å². The number of para-hydroxylation sites is 1. The van der Waals surface area contributed by atoms with E-state index in [1.807, 2.05) is 24.3 Å². The van der Waals surface area contributed by atoms with Gasteiger partial charge in [-0.15, -0.1) is 0 Å². The van der Waals surface area contributed by atoms with E-state index in [0.717, 1.165) is 11.3 Å². The summed E-state index contributed by atoms with van der Waals surface area (Å²) in [5.74, 6) is -0.541. The molecule has 132 valence electrons. The summed E-state index contributed by atoms with van der Waals surface area (Å²) in [6.07, 6.45) is 3.42. The highest BCUT2D eigenvalue weighted by atomic mass is 16.6. The first-order valence-electron chi connectivity index (χ1n) is 8.06. The minimum Gasteiger partial charge on any atom is -0.357 e. The molecule has 1 atom stereocenters. The third-order valence-corrected chi connectivity index (χ3v) is 4.28. The van der Waals surface area contributed by atoms with Gasteiger partial charge in [0.15, 0.2) is 0 Å². The fourth-order valence-electron chi connectivity index (χ4n) is 2.99. The molecular weight excluding hydrogens is 334 g/mol. The van der Waals surface area contributed by atoms with Crippen molar-refractivity contribution in [2.75, 3.05) is 11.9 Å². The van der Waals surface area contributed by atoms with Crippen LogP contribution in [0.25, 0.3) is 6.08 Å². The SMILES string of the molecule is CNC(=O)C1Cc2ccccc2N1C(=O)/C=C/c1ccc([N+](=O)[O-])cc1. The Morgan fingerprint density at radius 2 is 1.88 bits per heavy atom. The van der Waals surface area contributed by atoms with Crippen molar-refractivity contribution >= 4 is 29.3 Å². The molecule has 26 heavy (non-hydrogen) atoms. The Labute approximate surface area is 150 Å². The van der Waals surface area contributed by atoms with Crippen molar-refractivity contribution < 1.29 is 14.5 Å². The van der Waals surface area contributed by atoms with Crippen LogP contribution in [-0.4, -0.2) is 29.8 Å². The number of likely N-dealkylation sites (N-methyl/N-ethyl adjacent to an activating group) is 1. The van der Waals surface area contributed by atoms with Crippen LogP contribution in [0, 0.1) is 10.1 Å². The topological polar surface area (TPSA) is 92.6 Å². The highest BCUT2D eigenvalue weighted by Crippen LogP contribution is 2.32. The fraction of sp³-hybridized carbons (Fsp3) is 0.158. The van der Waals surface area contributed by atoms with Gasteiger partial charge in [-0.1, -0.05) is 18.2 Å². The molecule has 2 aromatic rings. The molecule has 0 saturated carbocycles. The number of nitro benzene ring substituents is 1. The van der Waals surface area contributed by atoms with Gasteiger partial charge in [0.1, 0.15) is 6.04 Å². The summed E-state index contributed by atoms with van der Waals surface area (Å²) < 4.78 is 0. The van der Waals surface area contributed by atoms with Gasteiger partial charge in [-0.3, -0.25) is 24.6 Å². The molecule has 2 amide bonds. The number of nitrogens with zero attached hydrogens (tertiary/aromatic N) is 2. The number of amides is 2. The molecule has 1 aliphatic heterocycles. The van der Waals surface area contributed by atoms with E-state index in [9.17, 15) is 19.7 Å². The summed E-state index contributed by atoms with van der Waals surface area (Å²) >= 11 is 0. The van der Waals surface area contributed by atoms with Gasteiger partial charge in [-0.25, -0.2) is 0 Å². The highest BCUT2D eigenvalue weighted by molar-refractivity contribution is 6.09. The zero-order chi connectivity index (χ0) is 18.7. The molecule has 1 heterocycles. The predicted octanol–water partition coefficient (Wildman–Crippen LogP) is 2.31. The number of nitrogens with one attached hydrogen (secondary N) is 1. The van der Waals surface area contributed by atoms with Gasteiger partial charge >= 0.3 is 0 Å². The summed E-state index contributed by atoms with van der Waals surface area (Å²) in [5, 5.41) is 13.3. The smallest absolute Gasteiger partial charge is 0.269 e. The zero-order valence-corrected chi connectivity index (χ0v) is 14.1. The van der Waals surface area contributed by atoms with Crippen LogP contribution >= 0.6 is 0 Å². The van der Waals surface area contributed by atoms with Crippen LogP contribution in [0.5, 0.6) is 0 Å². The van der Waals surface area contributed by atoms with Crippen LogP contribution in [-0.2, 0) is 16.0 Å². The maximum Gasteiger partial charge on any atom is 0.269 e. The molecule has 0 saturated heterocycles. The molecule has 0 aromatic heterocycles. The lowest BCUT2D eigenvalue weighted by molar-refractivity contribution is -0.384. The maximum atomic E-state index is 12.7. The van der Waals surface area contributed by atoms with Gasteiger partial charge in [0.25, 0.3) is 11.6 Å². The summed E-state index contributed by atoms with van der Waals surface area (Å²) in [6.45, 7) is 0. The first-order chi connectivity index (χ1) is 12.5. The third-order valence-electron chi connectivity index (χ3n) is 4.28. The monoisotopic (exact) mass is 351 g/mol. The predicted molar refractivity (Wildman–Crippen MR) is 97.6 cm³/mol. The molecule has 3 rings (SSSR count). The molecule has 0 bridgehead atoms. The van der Waals surface area contributed by atoms with Gasteiger partial charge in [-0.2, -0.15) is 0 Å². The van der Waals surface area contributed by atoms with E-state index in [-0.39, 0.29) is 17.5 Å². The Kier molecular flexibility index (Phi) is 4.79. The molecule has 0 fully saturated rings. The van der Waals surface area contributed by atoms with Crippen LogP contribution in [0.3, 0.4) is 0 Å². The first-order valence-corrected chi connectivity index (χ1v) is 8.06. The molecule has 1 aliphatic rings. The average Bonchev–Trinajstić information content (AvgIpc) is 3.05. The first kappa shape index (κ1) is 17.3.